The summed E-state index contributed by atoms with van der Waals surface area (Å²) in [6, 6.07) is 1.84. The summed E-state index contributed by atoms with van der Waals surface area (Å²) in [6.07, 6.45) is 1.90. The van der Waals surface area contributed by atoms with Gasteiger partial charge in [-0.1, -0.05) is 6.92 Å². The van der Waals surface area contributed by atoms with Crippen molar-refractivity contribution in [2.45, 2.75) is 13.8 Å². The first-order valence-corrected chi connectivity index (χ1v) is 7.37. The molecule has 5 nitrogen and oxygen atoms in total. The van der Waals surface area contributed by atoms with Gasteiger partial charge in [-0.15, -0.1) is 11.3 Å². The van der Waals surface area contributed by atoms with Crippen molar-refractivity contribution in [3.63, 3.8) is 0 Å². The van der Waals surface area contributed by atoms with E-state index >= 15 is 0 Å². The molecule has 1 atom stereocenters. The van der Waals surface area contributed by atoms with Crippen molar-refractivity contribution in [2.24, 2.45) is 13.0 Å². The summed E-state index contributed by atoms with van der Waals surface area (Å²) in [6.45, 7) is 4.37. The van der Waals surface area contributed by atoms with E-state index < -0.39 is 0 Å². The first-order chi connectivity index (χ1) is 9.51. The zero-order valence-corrected chi connectivity index (χ0v) is 12.7. The number of aryl methyl sites for hydroxylation is 2. The highest BCUT2D eigenvalue weighted by Gasteiger charge is 2.14. The second-order valence-electron chi connectivity index (χ2n) is 4.97. The minimum atomic E-state index is -0.133. The highest BCUT2D eigenvalue weighted by Crippen LogP contribution is 2.23. The van der Waals surface area contributed by atoms with Crippen molar-refractivity contribution >= 4 is 17.2 Å². The lowest BCUT2D eigenvalue weighted by atomic mass is 10.2. The largest absolute Gasteiger partial charge is 0.396 e. The molecule has 0 bridgehead atoms. The highest BCUT2D eigenvalue weighted by atomic mass is 32.1. The Morgan fingerprint density at radius 3 is 2.95 bits per heavy atom. The van der Waals surface area contributed by atoms with Gasteiger partial charge in [0, 0.05) is 37.3 Å². The van der Waals surface area contributed by atoms with Crippen LogP contribution in [0.4, 0.5) is 0 Å². The average molecular weight is 293 g/mol. The number of carbonyl (C=O) groups is 1. The lowest BCUT2D eigenvalue weighted by molar-refractivity contribution is 0.0934. The Morgan fingerprint density at radius 2 is 2.35 bits per heavy atom. The monoisotopic (exact) mass is 293 g/mol. The van der Waals surface area contributed by atoms with Gasteiger partial charge in [0.25, 0.3) is 5.91 Å². The summed E-state index contributed by atoms with van der Waals surface area (Å²) in [4.78, 5) is 16.5. The van der Waals surface area contributed by atoms with Gasteiger partial charge in [-0.05, 0) is 18.9 Å². The molecule has 0 fully saturated rings. The van der Waals surface area contributed by atoms with Gasteiger partial charge < -0.3 is 15.0 Å². The fraction of sp³-hybridized carbons (Fsp3) is 0.429. The molecule has 2 aromatic rings. The van der Waals surface area contributed by atoms with Crippen LogP contribution in [0.3, 0.4) is 0 Å². The zero-order chi connectivity index (χ0) is 14.7. The lowest BCUT2D eigenvalue weighted by Gasteiger charge is -2.09. The molecule has 20 heavy (non-hydrogen) atoms. The van der Waals surface area contributed by atoms with Crippen LogP contribution in [0, 0.1) is 12.8 Å². The van der Waals surface area contributed by atoms with Crippen LogP contribution in [0.1, 0.15) is 22.4 Å². The van der Waals surface area contributed by atoms with Gasteiger partial charge in [0.15, 0.2) is 0 Å². The molecule has 0 spiro atoms. The predicted molar refractivity (Wildman–Crippen MR) is 79.8 cm³/mol. The van der Waals surface area contributed by atoms with E-state index in [1.807, 2.05) is 38.5 Å². The summed E-state index contributed by atoms with van der Waals surface area (Å²) in [5.74, 6) is -0.0779. The smallest absolute Gasteiger partial charge is 0.267 e. The van der Waals surface area contributed by atoms with Gasteiger partial charge in [-0.2, -0.15) is 0 Å². The third kappa shape index (κ3) is 3.26. The van der Waals surface area contributed by atoms with Crippen molar-refractivity contribution in [2.75, 3.05) is 13.2 Å². The van der Waals surface area contributed by atoms with E-state index in [1.54, 1.807) is 15.9 Å². The van der Waals surface area contributed by atoms with Crippen LogP contribution < -0.4 is 5.32 Å². The number of aliphatic hydroxyl groups excluding tert-OH is 1. The number of nitrogens with one attached hydrogen (secondary N) is 1. The minimum absolute atomic E-state index is 0.0554. The van der Waals surface area contributed by atoms with E-state index in [1.165, 1.54) is 0 Å². The first-order valence-electron chi connectivity index (χ1n) is 6.49. The van der Waals surface area contributed by atoms with Crippen LogP contribution in [0.2, 0.25) is 0 Å². The number of rotatable bonds is 5. The molecule has 2 aromatic heterocycles. The maximum atomic E-state index is 12.1. The number of hydrogen-bond donors (Lipinski definition) is 2. The van der Waals surface area contributed by atoms with Crippen molar-refractivity contribution in [1.29, 1.82) is 0 Å². The number of hydrogen-bond acceptors (Lipinski definition) is 4. The molecule has 2 rings (SSSR count). The Bertz CT molecular complexity index is 603. The third-order valence-electron chi connectivity index (χ3n) is 3.08. The Morgan fingerprint density at radius 1 is 1.60 bits per heavy atom. The van der Waals surface area contributed by atoms with Crippen molar-refractivity contribution in [3.05, 3.63) is 28.3 Å². The predicted octanol–water partition coefficient (Wildman–Crippen LogP) is 1.82. The summed E-state index contributed by atoms with van der Waals surface area (Å²) in [7, 11) is 1.84. The summed E-state index contributed by atoms with van der Waals surface area (Å²) >= 11 is 1.59. The molecule has 0 aliphatic carbocycles. The molecular formula is C14H19N3O2S. The molecule has 6 heteroatoms. The molecule has 108 valence electrons. The van der Waals surface area contributed by atoms with Crippen LogP contribution in [0.25, 0.3) is 11.3 Å². The Labute approximate surface area is 122 Å². The molecular weight excluding hydrogens is 274 g/mol. The zero-order valence-electron chi connectivity index (χ0n) is 11.9. The van der Waals surface area contributed by atoms with E-state index in [4.69, 9.17) is 5.11 Å². The number of aromatic nitrogens is 2. The van der Waals surface area contributed by atoms with Gasteiger partial charge in [-0.25, -0.2) is 4.98 Å². The van der Waals surface area contributed by atoms with Gasteiger partial charge in [0.05, 0.1) is 10.7 Å². The number of aliphatic hydroxyl groups is 1. The van der Waals surface area contributed by atoms with Gasteiger partial charge in [0.1, 0.15) is 5.69 Å². The van der Waals surface area contributed by atoms with Crippen LogP contribution in [-0.4, -0.2) is 33.7 Å². The fourth-order valence-electron chi connectivity index (χ4n) is 1.85. The van der Waals surface area contributed by atoms with E-state index in [0.29, 0.717) is 12.2 Å². The highest BCUT2D eigenvalue weighted by molar-refractivity contribution is 7.09. The SMILES string of the molecule is Cc1nc(-c2cc(C(=O)NCC(C)CO)n(C)c2)cs1. The van der Waals surface area contributed by atoms with Gasteiger partial charge >= 0.3 is 0 Å². The molecule has 0 radical (unpaired) electrons. The summed E-state index contributed by atoms with van der Waals surface area (Å²) in [5, 5.41) is 14.8. The van der Waals surface area contributed by atoms with E-state index in [2.05, 4.69) is 10.3 Å². The lowest BCUT2D eigenvalue weighted by Crippen LogP contribution is -2.30. The molecule has 0 aliphatic rings. The third-order valence-corrected chi connectivity index (χ3v) is 3.85. The minimum Gasteiger partial charge on any atom is -0.396 e. The number of amides is 1. The first kappa shape index (κ1) is 14.7. The number of carbonyl (C=O) groups excluding carboxylic acids is 1. The van der Waals surface area contributed by atoms with Gasteiger partial charge in [-0.3, -0.25) is 4.79 Å². The maximum Gasteiger partial charge on any atom is 0.267 e. The van der Waals surface area contributed by atoms with Crippen LogP contribution in [0.5, 0.6) is 0 Å². The number of nitrogens with zero attached hydrogens (tertiary/aromatic N) is 2. The normalized spacial score (nSPS) is 12.4. The molecule has 0 saturated heterocycles. The van der Waals surface area contributed by atoms with Crippen molar-refractivity contribution in [3.8, 4) is 11.3 Å². The maximum absolute atomic E-state index is 12.1. The second kappa shape index (κ2) is 6.19. The standard InChI is InChI=1S/C14H19N3O2S/c1-9(7-18)5-15-14(19)13-4-11(6-17(13)3)12-8-20-10(2)16-12/h4,6,8-9,18H,5,7H2,1-3H3,(H,15,19). The Kier molecular flexibility index (Phi) is 4.57. The van der Waals surface area contributed by atoms with Crippen LogP contribution in [-0.2, 0) is 7.05 Å². The van der Waals surface area contributed by atoms with Crippen LogP contribution in [0.15, 0.2) is 17.6 Å². The molecule has 2 heterocycles. The van der Waals surface area contributed by atoms with E-state index in [-0.39, 0.29) is 18.4 Å². The van der Waals surface area contributed by atoms with Crippen molar-refractivity contribution < 1.29 is 9.90 Å². The van der Waals surface area contributed by atoms with E-state index in [0.717, 1.165) is 16.3 Å². The topological polar surface area (TPSA) is 67.2 Å². The molecule has 0 saturated carbocycles. The molecule has 1 unspecified atom stereocenters. The molecule has 0 aliphatic heterocycles. The van der Waals surface area contributed by atoms with E-state index in [9.17, 15) is 4.79 Å². The average Bonchev–Trinajstić information content (AvgIpc) is 3.01. The Hall–Kier alpha value is -1.66. The quantitative estimate of drug-likeness (QED) is 0.883. The fourth-order valence-corrected chi connectivity index (χ4v) is 2.47. The van der Waals surface area contributed by atoms with Gasteiger partial charge in [0.2, 0.25) is 0 Å². The summed E-state index contributed by atoms with van der Waals surface area (Å²) in [5.41, 5.74) is 2.43. The second-order valence-corrected chi connectivity index (χ2v) is 6.04. The molecule has 1 amide bonds. The summed E-state index contributed by atoms with van der Waals surface area (Å²) < 4.78 is 1.79. The molecule has 0 aromatic carbocycles. The molecule has 2 N–H and O–H groups in total. The number of thiazole rings is 1. The van der Waals surface area contributed by atoms with Crippen LogP contribution >= 0.6 is 11.3 Å². The van der Waals surface area contributed by atoms with Crippen molar-refractivity contribution in [1.82, 2.24) is 14.9 Å². The Balaban J connectivity index is 2.13.